The molecule has 0 spiro atoms. The lowest BCUT2D eigenvalue weighted by Gasteiger charge is -2.36. The second kappa shape index (κ2) is 4.59. The second-order valence-corrected chi connectivity index (χ2v) is 4.01. The standard InChI is InChI=1S/C10H14O7/c1-4(11)15-8-6-3-14-10(17-6)7(13)9(8)16-5(2)12/h6-10,13H,3H2,1-2H3/t6-,7-,8-,9-,10-/m1/s1. The fourth-order valence-corrected chi connectivity index (χ4v) is 2.02. The third-order valence-electron chi connectivity index (χ3n) is 2.64. The van der Waals surface area contributed by atoms with Crippen molar-refractivity contribution in [3.63, 3.8) is 0 Å². The van der Waals surface area contributed by atoms with Crippen LogP contribution in [0, 0.1) is 0 Å². The van der Waals surface area contributed by atoms with Crippen LogP contribution in [0.15, 0.2) is 0 Å². The number of aliphatic hydroxyl groups is 1. The fourth-order valence-electron chi connectivity index (χ4n) is 2.02. The van der Waals surface area contributed by atoms with E-state index in [-0.39, 0.29) is 6.61 Å². The average molecular weight is 246 g/mol. The Hall–Kier alpha value is -1.18. The zero-order valence-corrected chi connectivity index (χ0v) is 9.49. The number of fused-ring (bicyclic) bond motifs is 2. The molecule has 7 nitrogen and oxygen atoms in total. The highest BCUT2D eigenvalue weighted by Crippen LogP contribution is 2.31. The van der Waals surface area contributed by atoms with Crippen molar-refractivity contribution in [2.45, 2.75) is 44.6 Å². The highest BCUT2D eigenvalue weighted by Gasteiger charge is 2.53. The van der Waals surface area contributed by atoms with E-state index in [9.17, 15) is 14.7 Å². The molecule has 2 fully saturated rings. The summed E-state index contributed by atoms with van der Waals surface area (Å²) < 4.78 is 20.4. The molecule has 0 saturated carbocycles. The lowest BCUT2D eigenvalue weighted by Crippen LogP contribution is -2.56. The van der Waals surface area contributed by atoms with Gasteiger partial charge in [0.1, 0.15) is 12.2 Å². The minimum atomic E-state index is -1.16. The molecule has 0 radical (unpaired) electrons. The van der Waals surface area contributed by atoms with Crippen LogP contribution in [-0.4, -0.2) is 54.4 Å². The number of ether oxygens (including phenoxy) is 4. The molecular formula is C10H14O7. The Morgan fingerprint density at radius 3 is 2.35 bits per heavy atom. The largest absolute Gasteiger partial charge is 0.456 e. The maximum absolute atomic E-state index is 11.0. The van der Waals surface area contributed by atoms with Gasteiger partial charge in [-0.05, 0) is 0 Å². The molecule has 2 bridgehead atoms. The van der Waals surface area contributed by atoms with E-state index in [2.05, 4.69) is 0 Å². The summed E-state index contributed by atoms with van der Waals surface area (Å²) in [7, 11) is 0. The topological polar surface area (TPSA) is 91.3 Å². The first-order valence-corrected chi connectivity index (χ1v) is 5.28. The third-order valence-corrected chi connectivity index (χ3v) is 2.64. The first-order chi connectivity index (χ1) is 7.99. The molecule has 96 valence electrons. The lowest BCUT2D eigenvalue weighted by atomic mass is 10.0. The van der Waals surface area contributed by atoms with Crippen LogP contribution in [0.1, 0.15) is 13.8 Å². The predicted molar refractivity (Wildman–Crippen MR) is 51.7 cm³/mol. The summed E-state index contributed by atoms with van der Waals surface area (Å²) in [6.45, 7) is 2.65. The van der Waals surface area contributed by atoms with Gasteiger partial charge in [0.2, 0.25) is 0 Å². The smallest absolute Gasteiger partial charge is 0.303 e. The average Bonchev–Trinajstić information content (AvgIpc) is 2.65. The summed E-state index contributed by atoms with van der Waals surface area (Å²) in [5.41, 5.74) is 0. The van der Waals surface area contributed by atoms with Gasteiger partial charge < -0.3 is 24.1 Å². The van der Waals surface area contributed by atoms with E-state index in [0.717, 1.165) is 0 Å². The van der Waals surface area contributed by atoms with Crippen molar-refractivity contribution < 1.29 is 33.6 Å². The zero-order chi connectivity index (χ0) is 12.6. The van der Waals surface area contributed by atoms with Gasteiger partial charge in [-0.1, -0.05) is 0 Å². The van der Waals surface area contributed by atoms with E-state index in [4.69, 9.17) is 18.9 Å². The summed E-state index contributed by atoms with van der Waals surface area (Å²) in [5.74, 6) is -1.10. The minimum absolute atomic E-state index is 0.192. The van der Waals surface area contributed by atoms with Crippen LogP contribution in [0.25, 0.3) is 0 Å². The molecule has 0 aromatic rings. The summed E-state index contributed by atoms with van der Waals surface area (Å²) >= 11 is 0. The SMILES string of the molecule is CC(=O)O[C@@H]1[C@@H](O)[C@@H]2OC[C@@H](O2)[C@H]1OC(C)=O. The quantitative estimate of drug-likeness (QED) is 0.622. The Bertz CT molecular complexity index is 313. The monoisotopic (exact) mass is 246 g/mol. The fraction of sp³-hybridized carbons (Fsp3) is 0.800. The molecule has 0 unspecified atom stereocenters. The van der Waals surface area contributed by atoms with Crippen LogP contribution in [0.3, 0.4) is 0 Å². The summed E-state index contributed by atoms with van der Waals surface area (Å²) in [6, 6.07) is 0. The molecular weight excluding hydrogens is 232 g/mol. The number of hydrogen-bond donors (Lipinski definition) is 1. The highest BCUT2D eigenvalue weighted by molar-refractivity contribution is 5.67. The molecule has 7 heteroatoms. The van der Waals surface area contributed by atoms with Crippen LogP contribution in [0.5, 0.6) is 0 Å². The third kappa shape index (κ3) is 2.41. The molecule has 17 heavy (non-hydrogen) atoms. The van der Waals surface area contributed by atoms with Gasteiger partial charge in [-0.2, -0.15) is 0 Å². The van der Waals surface area contributed by atoms with Crippen molar-refractivity contribution in [3.05, 3.63) is 0 Å². The maximum atomic E-state index is 11.0. The summed E-state index contributed by atoms with van der Waals surface area (Å²) in [4.78, 5) is 22.0. The molecule has 0 aromatic carbocycles. The Morgan fingerprint density at radius 2 is 1.76 bits per heavy atom. The Morgan fingerprint density at radius 1 is 1.18 bits per heavy atom. The summed E-state index contributed by atoms with van der Waals surface area (Å²) in [5, 5.41) is 9.87. The van der Waals surface area contributed by atoms with Gasteiger partial charge in [0.25, 0.3) is 0 Å². The molecule has 2 rings (SSSR count). The van der Waals surface area contributed by atoms with E-state index < -0.39 is 42.6 Å². The first kappa shape index (κ1) is 12.3. The van der Waals surface area contributed by atoms with E-state index in [1.807, 2.05) is 0 Å². The molecule has 0 aromatic heterocycles. The van der Waals surface area contributed by atoms with Crippen LogP contribution < -0.4 is 0 Å². The van der Waals surface area contributed by atoms with Crippen LogP contribution >= 0.6 is 0 Å². The Balaban J connectivity index is 2.16. The van der Waals surface area contributed by atoms with Gasteiger partial charge in [0, 0.05) is 13.8 Å². The van der Waals surface area contributed by atoms with Crippen LogP contribution in [-0.2, 0) is 28.5 Å². The van der Waals surface area contributed by atoms with E-state index >= 15 is 0 Å². The lowest BCUT2D eigenvalue weighted by molar-refractivity contribution is -0.243. The van der Waals surface area contributed by atoms with E-state index in [1.54, 1.807) is 0 Å². The molecule has 2 saturated heterocycles. The van der Waals surface area contributed by atoms with Crippen LogP contribution in [0.4, 0.5) is 0 Å². The number of carbonyl (C=O) groups excluding carboxylic acids is 2. The molecule has 2 aliphatic rings. The molecule has 2 aliphatic heterocycles. The number of hydrogen-bond acceptors (Lipinski definition) is 7. The minimum Gasteiger partial charge on any atom is -0.456 e. The van der Waals surface area contributed by atoms with E-state index in [1.165, 1.54) is 13.8 Å². The van der Waals surface area contributed by atoms with Crippen molar-refractivity contribution in [3.8, 4) is 0 Å². The van der Waals surface area contributed by atoms with Gasteiger partial charge in [-0.25, -0.2) is 0 Å². The predicted octanol–water partition coefficient (Wildman–Crippen LogP) is -1.03. The van der Waals surface area contributed by atoms with Gasteiger partial charge in [0.05, 0.1) is 6.61 Å². The van der Waals surface area contributed by atoms with Gasteiger partial charge in [-0.15, -0.1) is 0 Å². The second-order valence-electron chi connectivity index (χ2n) is 4.01. The molecule has 0 aliphatic carbocycles. The maximum Gasteiger partial charge on any atom is 0.303 e. The molecule has 5 atom stereocenters. The zero-order valence-electron chi connectivity index (χ0n) is 9.49. The van der Waals surface area contributed by atoms with E-state index in [0.29, 0.717) is 0 Å². The van der Waals surface area contributed by atoms with Gasteiger partial charge in [0.15, 0.2) is 18.5 Å². The first-order valence-electron chi connectivity index (χ1n) is 5.28. The van der Waals surface area contributed by atoms with Crippen molar-refractivity contribution in [2.24, 2.45) is 0 Å². The van der Waals surface area contributed by atoms with Crippen molar-refractivity contribution >= 4 is 11.9 Å². The number of aliphatic hydroxyl groups excluding tert-OH is 1. The summed E-state index contributed by atoms with van der Waals surface area (Å²) in [6.07, 6.45) is -4.32. The molecule has 2 heterocycles. The number of rotatable bonds is 2. The van der Waals surface area contributed by atoms with Crippen molar-refractivity contribution in [2.75, 3.05) is 6.61 Å². The van der Waals surface area contributed by atoms with Crippen molar-refractivity contribution in [1.29, 1.82) is 0 Å². The Kier molecular flexibility index (Phi) is 3.32. The van der Waals surface area contributed by atoms with Gasteiger partial charge in [-0.3, -0.25) is 9.59 Å². The number of esters is 2. The number of carbonyl (C=O) groups is 2. The van der Waals surface area contributed by atoms with Crippen LogP contribution in [0.2, 0.25) is 0 Å². The van der Waals surface area contributed by atoms with Crippen molar-refractivity contribution in [1.82, 2.24) is 0 Å². The van der Waals surface area contributed by atoms with Gasteiger partial charge >= 0.3 is 11.9 Å². The Labute approximate surface area is 97.6 Å². The molecule has 1 N–H and O–H groups in total. The molecule has 0 amide bonds. The highest BCUT2D eigenvalue weighted by atomic mass is 16.8. The normalized spacial score (nSPS) is 39.8.